The molecule has 0 radical (unpaired) electrons. The second kappa shape index (κ2) is 26.9. The van der Waals surface area contributed by atoms with Crippen molar-refractivity contribution in [1.82, 2.24) is 0 Å². The quantitative estimate of drug-likeness (QED) is 0.110. The predicted molar refractivity (Wildman–Crippen MR) is 142 cm³/mol. The van der Waals surface area contributed by atoms with Gasteiger partial charge in [0.25, 0.3) is 0 Å². The summed E-state index contributed by atoms with van der Waals surface area (Å²) in [6.07, 6.45) is 24.0. The van der Waals surface area contributed by atoms with Crippen molar-refractivity contribution in [2.24, 2.45) is 5.92 Å². The average molecular weight is 487 g/mol. The van der Waals surface area contributed by atoms with E-state index in [0.29, 0.717) is 19.6 Å². The van der Waals surface area contributed by atoms with Crippen LogP contribution >= 0.6 is 0 Å². The van der Waals surface area contributed by atoms with Crippen molar-refractivity contribution < 1.29 is 24.5 Å². The molecule has 0 aromatic rings. The number of ether oxygens (including phenoxy) is 2. The summed E-state index contributed by atoms with van der Waals surface area (Å²) in [6, 6.07) is 0. The molecule has 0 aliphatic heterocycles. The number of unbranched alkanes of at least 4 members (excludes halogenated alkanes) is 14. The van der Waals surface area contributed by atoms with Gasteiger partial charge in [-0.3, -0.25) is 4.79 Å². The third-order valence-electron chi connectivity index (χ3n) is 6.68. The van der Waals surface area contributed by atoms with Crippen molar-refractivity contribution >= 4 is 5.97 Å². The molecule has 204 valence electrons. The standard InChI is InChI=1S/C29H58O5/c1-3-4-5-15-20-27(2)21-16-12-10-8-6-7-9-11-13-18-23-33-26-28(25-30)34-24-19-14-17-22-29(31)32/h27-28,30H,3-26H2,1-2H3,(H,31,32). The summed E-state index contributed by atoms with van der Waals surface area (Å²) in [5.41, 5.74) is 0. The minimum absolute atomic E-state index is 0.0345. The molecule has 0 aliphatic carbocycles. The number of rotatable bonds is 28. The van der Waals surface area contributed by atoms with Crippen LogP contribution in [0.4, 0.5) is 0 Å². The predicted octanol–water partition coefficient (Wildman–Crippen LogP) is 7.92. The van der Waals surface area contributed by atoms with Crippen molar-refractivity contribution in [3.63, 3.8) is 0 Å². The summed E-state index contributed by atoms with van der Waals surface area (Å²) in [5.74, 6) is 0.173. The van der Waals surface area contributed by atoms with Crippen LogP contribution in [-0.2, 0) is 14.3 Å². The van der Waals surface area contributed by atoms with E-state index in [0.717, 1.165) is 31.8 Å². The first-order valence-electron chi connectivity index (χ1n) is 14.6. The second-order valence-corrected chi connectivity index (χ2v) is 10.2. The van der Waals surface area contributed by atoms with Crippen molar-refractivity contribution in [3.05, 3.63) is 0 Å². The number of aliphatic carboxylic acids is 1. The van der Waals surface area contributed by atoms with Gasteiger partial charge in [0.05, 0.1) is 13.2 Å². The van der Waals surface area contributed by atoms with Crippen molar-refractivity contribution in [3.8, 4) is 0 Å². The van der Waals surface area contributed by atoms with Gasteiger partial charge >= 0.3 is 5.97 Å². The Labute approximate surface area is 211 Å². The Morgan fingerprint density at radius 1 is 0.706 bits per heavy atom. The summed E-state index contributed by atoms with van der Waals surface area (Å²) < 4.78 is 11.3. The van der Waals surface area contributed by atoms with Crippen LogP contribution in [0.25, 0.3) is 0 Å². The fourth-order valence-electron chi connectivity index (χ4n) is 4.35. The monoisotopic (exact) mass is 486 g/mol. The normalized spacial score (nSPS) is 13.3. The Bertz CT molecular complexity index is 415. The van der Waals surface area contributed by atoms with Gasteiger partial charge in [-0.15, -0.1) is 0 Å². The topological polar surface area (TPSA) is 76.0 Å². The summed E-state index contributed by atoms with van der Waals surface area (Å²) in [4.78, 5) is 10.5. The van der Waals surface area contributed by atoms with Crippen LogP contribution in [0.3, 0.4) is 0 Å². The van der Waals surface area contributed by atoms with Crippen molar-refractivity contribution in [1.29, 1.82) is 0 Å². The zero-order valence-corrected chi connectivity index (χ0v) is 22.7. The minimum atomic E-state index is -0.749. The van der Waals surface area contributed by atoms with Crippen LogP contribution in [0, 0.1) is 5.92 Å². The maximum absolute atomic E-state index is 10.5. The Hall–Kier alpha value is -0.650. The molecule has 2 unspecified atom stereocenters. The van der Waals surface area contributed by atoms with Gasteiger partial charge in [0.1, 0.15) is 6.10 Å². The number of carbonyl (C=O) groups is 1. The maximum Gasteiger partial charge on any atom is 0.303 e. The largest absolute Gasteiger partial charge is 0.481 e. The van der Waals surface area contributed by atoms with Crippen LogP contribution in [0.5, 0.6) is 0 Å². The molecule has 34 heavy (non-hydrogen) atoms. The smallest absolute Gasteiger partial charge is 0.303 e. The molecule has 0 rings (SSSR count). The van der Waals surface area contributed by atoms with Gasteiger partial charge in [-0.05, 0) is 25.2 Å². The minimum Gasteiger partial charge on any atom is -0.481 e. The molecule has 0 aromatic carbocycles. The van der Waals surface area contributed by atoms with Gasteiger partial charge in [0.15, 0.2) is 0 Å². The first-order chi connectivity index (χ1) is 16.6. The van der Waals surface area contributed by atoms with E-state index in [1.165, 1.54) is 96.3 Å². The van der Waals surface area contributed by atoms with E-state index in [4.69, 9.17) is 14.6 Å². The molecule has 0 aromatic heterocycles. The highest BCUT2D eigenvalue weighted by Gasteiger charge is 2.08. The molecule has 0 aliphatic rings. The van der Waals surface area contributed by atoms with E-state index < -0.39 is 5.97 Å². The van der Waals surface area contributed by atoms with Gasteiger partial charge in [-0.2, -0.15) is 0 Å². The number of carboxylic acid groups (broad SMARTS) is 1. The van der Waals surface area contributed by atoms with Crippen LogP contribution in [0.15, 0.2) is 0 Å². The molecular weight excluding hydrogens is 428 g/mol. The Balaban J connectivity index is 3.29. The van der Waals surface area contributed by atoms with Crippen LogP contribution < -0.4 is 0 Å². The fraction of sp³-hybridized carbons (Fsp3) is 0.966. The highest BCUT2D eigenvalue weighted by Crippen LogP contribution is 2.18. The number of carboxylic acids is 1. The highest BCUT2D eigenvalue weighted by atomic mass is 16.5. The summed E-state index contributed by atoms with van der Waals surface area (Å²) >= 11 is 0. The fourth-order valence-corrected chi connectivity index (χ4v) is 4.35. The molecule has 2 atom stereocenters. The van der Waals surface area contributed by atoms with Gasteiger partial charge in [-0.25, -0.2) is 0 Å². The van der Waals surface area contributed by atoms with E-state index in [1.54, 1.807) is 0 Å². The van der Waals surface area contributed by atoms with E-state index in [2.05, 4.69) is 13.8 Å². The lowest BCUT2D eigenvalue weighted by Gasteiger charge is -2.15. The number of hydrogen-bond acceptors (Lipinski definition) is 4. The third-order valence-corrected chi connectivity index (χ3v) is 6.68. The Kier molecular flexibility index (Phi) is 26.4. The molecule has 0 heterocycles. The lowest BCUT2D eigenvalue weighted by molar-refractivity contribution is -0.137. The average Bonchev–Trinajstić information content (AvgIpc) is 2.82. The zero-order valence-electron chi connectivity index (χ0n) is 22.7. The number of aliphatic hydroxyl groups excluding tert-OH is 1. The highest BCUT2D eigenvalue weighted by molar-refractivity contribution is 5.66. The second-order valence-electron chi connectivity index (χ2n) is 10.2. The SMILES string of the molecule is CCCCCCC(C)CCCCCCCCCCCCOCC(CO)OCCCCCC(=O)O. The summed E-state index contributed by atoms with van der Waals surface area (Å²) in [6.45, 7) is 6.40. The van der Waals surface area contributed by atoms with E-state index in [9.17, 15) is 9.90 Å². The zero-order chi connectivity index (χ0) is 25.1. The lowest BCUT2D eigenvalue weighted by Crippen LogP contribution is -2.24. The number of aliphatic hydroxyl groups is 1. The van der Waals surface area contributed by atoms with Gasteiger partial charge < -0.3 is 19.7 Å². The summed E-state index contributed by atoms with van der Waals surface area (Å²) in [7, 11) is 0. The van der Waals surface area contributed by atoms with Crippen molar-refractivity contribution in [2.75, 3.05) is 26.4 Å². The van der Waals surface area contributed by atoms with Crippen LogP contribution in [0.2, 0.25) is 0 Å². The molecule has 2 N–H and O–H groups in total. The molecule has 0 saturated heterocycles. The molecule has 5 heteroatoms. The van der Waals surface area contributed by atoms with Crippen LogP contribution in [0.1, 0.15) is 142 Å². The molecular formula is C29H58O5. The maximum atomic E-state index is 10.5. The van der Waals surface area contributed by atoms with Gasteiger partial charge in [0, 0.05) is 19.6 Å². The van der Waals surface area contributed by atoms with Crippen molar-refractivity contribution in [2.45, 2.75) is 148 Å². The molecule has 0 bridgehead atoms. The van der Waals surface area contributed by atoms with E-state index in [-0.39, 0.29) is 19.1 Å². The molecule has 5 nitrogen and oxygen atoms in total. The lowest BCUT2D eigenvalue weighted by atomic mass is 9.96. The Morgan fingerprint density at radius 2 is 1.21 bits per heavy atom. The first-order valence-corrected chi connectivity index (χ1v) is 14.6. The van der Waals surface area contributed by atoms with Crippen LogP contribution in [-0.4, -0.2) is 48.7 Å². The van der Waals surface area contributed by atoms with Gasteiger partial charge in [-0.1, -0.05) is 117 Å². The van der Waals surface area contributed by atoms with E-state index in [1.807, 2.05) is 0 Å². The number of hydrogen-bond donors (Lipinski definition) is 2. The molecule has 0 amide bonds. The Morgan fingerprint density at radius 3 is 1.76 bits per heavy atom. The third kappa shape index (κ3) is 26.0. The first kappa shape index (κ1) is 33.4. The molecule has 0 saturated carbocycles. The van der Waals surface area contributed by atoms with E-state index >= 15 is 0 Å². The molecule has 0 spiro atoms. The summed E-state index contributed by atoms with van der Waals surface area (Å²) in [5, 5.41) is 18.0. The molecule has 0 fully saturated rings. The van der Waals surface area contributed by atoms with Gasteiger partial charge in [0.2, 0.25) is 0 Å².